The molecule has 5 rings (SSSR count). The van der Waals surface area contributed by atoms with Crippen molar-refractivity contribution >= 4 is 27.0 Å². The van der Waals surface area contributed by atoms with Gasteiger partial charge in [0.05, 0.1) is 29.5 Å². The van der Waals surface area contributed by atoms with Crippen LogP contribution in [0.25, 0.3) is 11.3 Å². The van der Waals surface area contributed by atoms with Gasteiger partial charge in [-0.2, -0.15) is 4.31 Å². The molecular weight excluding hydrogens is 468 g/mol. The average Bonchev–Trinajstić information content (AvgIpc) is 3.55. The van der Waals surface area contributed by atoms with E-state index in [9.17, 15) is 8.42 Å². The smallest absolute Gasteiger partial charge is 0.243 e. The molecule has 7 nitrogen and oxygen atoms in total. The number of ether oxygens (including phenoxy) is 1. The summed E-state index contributed by atoms with van der Waals surface area (Å²) in [5.74, 6) is 0. The number of thiazole rings is 1. The Balaban J connectivity index is 1.46. The Morgan fingerprint density at radius 2 is 1.59 bits per heavy atom. The lowest BCUT2D eigenvalue weighted by Crippen LogP contribution is -2.39. The molecule has 3 aromatic rings. The average molecular weight is 499 g/mol. The minimum Gasteiger partial charge on any atom is -0.379 e. The van der Waals surface area contributed by atoms with E-state index < -0.39 is 10.0 Å². The summed E-state index contributed by atoms with van der Waals surface area (Å²) >= 11 is 1.61. The van der Waals surface area contributed by atoms with E-state index in [1.54, 1.807) is 27.8 Å². The first-order valence-corrected chi connectivity index (χ1v) is 14.1. The largest absolute Gasteiger partial charge is 0.379 e. The number of morpholine rings is 1. The van der Waals surface area contributed by atoms with E-state index >= 15 is 0 Å². The molecule has 0 amide bonds. The summed E-state index contributed by atoms with van der Waals surface area (Å²) in [7, 11) is -3.42. The molecule has 0 aliphatic carbocycles. The second-order valence-corrected chi connectivity index (χ2v) is 11.4. The summed E-state index contributed by atoms with van der Waals surface area (Å²) < 4.78 is 35.2. The zero-order valence-electron chi connectivity index (χ0n) is 19.2. The Hall–Kier alpha value is -2.30. The SMILES string of the molecule is O=S(=O)(c1ccc(-c2csc(=Nc3ccccc3)n2CCN2CCOCC2)cc1)N1CCCC1. The number of benzene rings is 2. The molecule has 1 aromatic heterocycles. The lowest BCUT2D eigenvalue weighted by molar-refractivity contribution is 0.0363. The normalized spacial score (nSPS) is 18.5. The van der Waals surface area contributed by atoms with Crippen LogP contribution in [0, 0.1) is 0 Å². The molecule has 34 heavy (non-hydrogen) atoms. The van der Waals surface area contributed by atoms with E-state index in [4.69, 9.17) is 9.73 Å². The first-order chi connectivity index (χ1) is 16.6. The highest BCUT2D eigenvalue weighted by Gasteiger charge is 2.27. The highest BCUT2D eigenvalue weighted by molar-refractivity contribution is 7.89. The monoisotopic (exact) mass is 498 g/mol. The lowest BCUT2D eigenvalue weighted by atomic mass is 10.2. The van der Waals surface area contributed by atoms with E-state index in [2.05, 4.69) is 14.8 Å². The van der Waals surface area contributed by atoms with Crippen LogP contribution in [0.5, 0.6) is 0 Å². The Morgan fingerprint density at radius 1 is 0.882 bits per heavy atom. The van der Waals surface area contributed by atoms with Crippen molar-refractivity contribution in [2.45, 2.75) is 24.3 Å². The van der Waals surface area contributed by atoms with Crippen molar-refractivity contribution in [3.05, 3.63) is 64.8 Å². The number of hydrogen-bond acceptors (Lipinski definition) is 6. The summed E-state index contributed by atoms with van der Waals surface area (Å²) in [5.41, 5.74) is 2.97. The molecule has 0 radical (unpaired) electrons. The van der Waals surface area contributed by atoms with Crippen LogP contribution in [0.4, 0.5) is 5.69 Å². The number of hydrogen-bond donors (Lipinski definition) is 0. The molecule has 180 valence electrons. The van der Waals surface area contributed by atoms with Gasteiger partial charge in [0, 0.05) is 44.6 Å². The molecule has 0 N–H and O–H groups in total. The van der Waals surface area contributed by atoms with Crippen molar-refractivity contribution in [2.24, 2.45) is 4.99 Å². The van der Waals surface area contributed by atoms with Crippen LogP contribution in [0.1, 0.15) is 12.8 Å². The molecule has 2 aliphatic rings. The molecule has 2 saturated heterocycles. The summed E-state index contributed by atoms with van der Waals surface area (Å²) in [6, 6.07) is 17.3. The third kappa shape index (κ3) is 5.18. The Labute approximate surface area is 205 Å². The number of para-hydroxylation sites is 1. The highest BCUT2D eigenvalue weighted by atomic mass is 32.2. The Kier molecular flexibility index (Phi) is 7.26. The van der Waals surface area contributed by atoms with Crippen LogP contribution in [-0.2, 0) is 21.3 Å². The maximum atomic E-state index is 12.9. The van der Waals surface area contributed by atoms with Crippen LogP contribution >= 0.6 is 11.3 Å². The first-order valence-electron chi connectivity index (χ1n) is 11.8. The molecule has 3 heterocycles. The second-order valence-electron chi connectivity index (χ2n) is 8.59. The molecule has 0 spiro atoms. The first kappa shape index (κ1) is 23.4. The molecule has 2 aromatic carbocycles. The van der Waals surface area contributed by atoms with Gasteiger partial charge in [0.25, 0.3) is 0 Å². The van der Waals surface area contributed by atoms with E-state index in [0.717, 1.165) is 74.0 Å². The molecule has 9 heteroatoms. The van der Waals surface area contributed by atoms with Crippen LogP contribution in [-0.4, -0.2) is 68.1 Å². The fraction of sp³-hybridized carbons (Fsp3) is 0.400. The van der Waals surface area contributed by atoms with Gasteiger partial charge in [-0.3, -0.25) is 4.90 Å². The van der Waals surface area contributed by atoms with Crippen molar-refractivity contribution in [3.63, 3.8) is 0 Å². The predicted molar refractivity (Wildman–Crippen MR) is 135 cm³/mol. The van der Waals surface area contributed by atoms with Gasteiger partial charge >= 0.3 is 0 Å². The van der Waals surface area contributed by atoms with E-state index in [-0.39, 0.29) is 0 Å². The van der Waals surface area contributed by atoms with E-state index in [1.807, 2.05) is 42.5 Å². The molecule has 0 saturated carbocycles. The molecule has 0 bridgehead atoms. The van der Waals surface area contributed by atoms with Crippen molar-refractivity contribution in [1.29, 1.82) is 0 Å². The van der Waals surface area contributed by atoms with Crippen molar-refractivity contribution in [2.75, 3.05) is 45.9 Å². The Bertz CT molecular complexity index is 1260. The quantitative estimate of drug-likeness (QED) is 0.500. The summed E-state index contributed by atoms with van der Waals surface area (Å²) in [4.78, 5) is 8.61. The summed E-state index contributed by atoms with van der Waals surface area (Å²) in [6.45, 7) is 6.36. The zero-order chi connectivity index (χ0) is 23.4. The Morgan fingerprint density at radius 3 is 2.29 bits per heavy atom. The maximum Gasteiger partial charge on any atom is 0.243 e. The van der Waals surface area contributed by atoms with Gasteiger partial charge < -0.3 is 9.30 Å². The molecule has 0 atom stereocenters. The fourth-order valence-corrected chi connectivity index (χ4v) is 6.89. The maximum absolute atomic E-state index is 12.9. The van der Waals surface area contributed by atoms with E-state index in [1.165, 1.54) is 0 Å². The van der Waals surface area contributed by atoms with Gasteiger partial charge in [-0.1, -0.05) is 30.3 Å². The predicted octanol–water partition coefficient (Wildman–Crippen LogP) is 3.57. The third-order valence-corrected chi connectivity index (χ3v) is 9.15. The molecule has 2 fully saturated rings. The second kappa shape index (κ2) is 10.5. The van der Waals surface area contributed by atoms with Crippen LogP contribution in [0.2, 0.25) is 0 Å². The van der Waals surface area contributed by atoms with Gasteiger partial charge in [-0.05, 0) is 42.7 Å². The van der Waals surface area contributed by atoms with Gasteiger partial charge in [0.2, 0.25) is 10.0 Å². The lowest BCUT2D eigenvalue weighted by Gasteiger charge is -2.26. The molecule has 0 unspecified atom stereocenters. The standard InChI is InChI=1S/C25H30N4O3S2/c30-34(31,28-12-4-5-13-28)23-10-8-21(9-11-23)24-20-33-25(26-22-6-2-1-3-7-22)29(24)15-14-27-16-18-32-19-17-27/h1-3,6-11,20H,4-5,12-19H2. The molecular formula is C25H30N4O3S2. The van der Waals surface area contributed by atoms with Crippen LogP contribution in [0.3, 0.4) is 0 Å². The van der Waals surface area contributed by atoms with Gasteiger partial charge in [0.1, 0.15) is 0 Å². The van der Waals surface area contributed by atoms with Crippen molar-refractivity contribution in [3.8, 4) is 11.3 Å². The number of aromatic nitrogens is 1. The van der Waals surface area contributed by atoms with Crippen LogP contribution in [0.15, 0.2) is 69.9 Å². The minimum atomic E-state index is -3.42. The number of nitrogens with zero attached hydrogens (tertiary/aromatic N) is 4. The van der Waals surface area contributed by atoms with Crippen molar-refractivity contribution in [1.82, 2.24) is 13.8 Å². The van der Waals surface area contributed by atoms with Crippen molar-refractivity contribution < 1.29 is 13.2 Å². The summed E-state index contributed by atoms with van der Waals surface area (Å²) in [6.07, 6.45) is 1.87. The summed E-state index contributed by atoms with van der Waals surface area (Å²) in [5, 5.41) is 2.12. The van der Waals surface area contributed by atoms with Gasteiger partial charge in [-0.15, -0.1) is 11.3 Å². The highest BCUT2D eigenvalue weighted by Crippen LogP contribution is 2.26. The van der Waals surface area contributed by atoms with E-state index in [0.29, 0.717) is 18.0 Å². The third-order valence-electron chi connectivity index (χ3n) is 6.38. The van der Waals surface area contributed by atoms with Gasteiger partial charge in [0.15, 0.2) is 4.80 Å². The topological polar surface area (TPSA) is 67.1 Å². The number of rotatable bonds is 7. The number of sulfonamides is 1. The van der Waals surface area contributed by atoms with Gasteiger partial charge in [-0.25, -0.2) is 13.4 Å². The van der Waals surface area contributed by atoms with Crippen LogP contribution < -0.4 is 4.80 Å². The minimum absolute atomic E-state index is 0.363. The fourth-order valence-electron chi connectivity index (χ4n) is 4.42. The zero-order valence-corrected chi connectivity index (χ0v) is 20.8. The molecule has 2 aliphatic heterocycles.